The lowest BCUT2D eigenvalue weighted by molar-refractivity contribution is 0.342. The molecule has 6 heteroatoms. The molecule has 0 spiro atoms. The number of anilines is 1. The maximum Gasteiger partial charge on any atom is 0.221 e. The van der Waals surface area contributed by atoms with E-state index in [0.29, 0.717) is 22.9 Å². The maximum atomic E-state index is 8.91. The fourth-order valence-electron chi connectivity index (χ4n) is 1.62. The monoisotopic (exact) mass is 271 g/mol. The fourth-order valence-corrected chi connectivity index (χ4v) is 1.62. The van der Waals surface area contributed by atoms with Gasteiger partial charge in [-0.2, -0.15) is 5.26 Å². The number of benzene rings is 1. The zero-order valence-electron chi connectivity index (χ0n) is 11.1. The second kappa shape index (κ2) is 5.80. The van der Waals surface area contributed by atoms with Crippen LogP contribution in [0.5, 0.6) is 23.1 Å². The second-order valence-electron chi connectivity index (χ2n) is 3.79. The molecule has 1 aromatic carbocycles. The third-order valence-electron chi connectivity index (χ3n) is 2.60. The van der Waals surface area contributed by atoms with Crippen LogP contribution >= 0.6 is 0 Å². The van der Waals surface area contributed by atoms with Crippen molar-refractivity contribution in [3.8, 4) is 29.2 Å². The number of para-hydroxylation sites is 1. The molecule has 0 radical (unpaired) electrons. The van der Waals surface area contributed by atoms with Crippen LogP contribution in [0.1, 0.15) is 5.69 Å². The van der Waals surface area contributed by atoms with Crippen LogP contribution in [0.3, 0.4) is 0 Å². The van der Waals surface area contributed by atoms with E-state index in [1.807, 2.05) is 6.07 Å². The Labute approximate surface area is 116 Å². The summed E-state index contributed by atoms with van der Waals surface area (Å²) in [7, 11) is 3.05. The van der Waals surface area contributed by atoms with Crippen LogP contribution in [0.2, 0.25) is 0 Å². The van der Waals surface area contributed by atoms with Gasteiger partial charge in [-0.15, -0.1) is 0 Å². The van der Waals surface area contributed by atoms with Crippen LogP contribution in [0.25, 0.3) is 0 Å². The summed E-state index contributed by atoms with van der Waals surface area (Å²) >= 11 is 0. The van der Waals surface area contributed by atoms with Crippen LogP contribution in [0.15, 0.2) is 30.3 Å². The molecule has 20 heavy (non-hydrogen) atoms. The molecule has 0 unspecified atom stereocenters. The van der Waals surface area contributed by atoms with Crippen molar-refractivity contribution in [3.05, 3.63) is 36.0 Å². The lowest BCUT2D eigenvalue weighted by Gasteiger charge is -2.13. The van der Waals surface area contributed by atoms with Crippen molar-refractivity contribution in [3.63, 3.8) is 0 Å². The number of hydrogen-bond acceptors (Lipinski definition) is 6. The molecule has 0 saturated heterocycles. The van der Waals surface area contributed by atoms with Crippen LogP contribution in [0.4, 0.5) is 5.69 Å². The molecular weight excluding hydrogens is 258 g/mol. The van der Waals surface area contributed by atoms with Crippen molar-refractivity contribution in [1.29, 1.82) is 5.26 Å². The Hall–Kier alpha value is -2.94. The van der Waals surface area contributed by atoms with Crippen LogP contribution in [-0.2, 0) is 0 Å². The number of methoxy groups -OCH3 is 2. The minimum atomic E-state index is 0.108. The number of ether oxygens (including phenoxy) is 3. The quantitative estimate of drug-likeness (QED) is 0.917. The number of rotatable bonds is 4. The predicted octanol–water partition coefficient (Wildman–Crippen LogP) is 2.34. The van der Waals surface area contributed by atoms with Crippen molar-refractivity contribution in [2.75, 3.05) is 20.0 Å². The predicted molar refractivity (Wildman–Crippen MR) is 73.0 cm³/mol. The molecular formula is C14H13N3O3. The van der Waals surface area contributed by atoms with Gasteiger partial charge in [0.05, 0.1) is 19.9 Å². The highest BCUT2D eigenvalue weighted by atomic mass is 16.5. The number of nitrogens with two attached hydrogens (primary N) is 1. The van der Waals surface area contributed by atoms with E-state index in [2.05, 4.69) is 4.98 Å². The van der Waals surface area contributed by atoms with Gasteiger partial charge in [0, 0.05) is 6.07 Å². The average Bonchev–Trinajstić information content (AvgIpc) is 2.49. The fraction of sp³-hybridized carbons (Fsp3) is 0.143. The zero-order valence-corrected chi connectivity index (χ0v) is 11.1. The van der Waals surface area contributed by atoms with Crippen molar-refractivity contribution < 1.29 is 14.2 Å². The first-order chi connectivity index (χ1) is 9.69. The van der Waals surface area contributed by atoms with E-state index in [-0.39, 0.29) is 11.6 Å². The van der Waals surface area contributed by atoms with Gasteiger partial charge >= 0.3 is 0 Å². The minimum absolute atomic E-state index is 0.108. The van der Waals surface area contributed by atoms with Crippen LogP contribution in [0, 0.1) is 11.3 Å². The average molecular weight is 271 g/mol. The van der Waals surface area contributed by atoms with E-state index < -0.39 is 0 Å². The Morgan fingerprint density at radius 1 is 1.10 bits per heavy atom. The third kappa shape index (κ3) is 2.57. The molecule has 0 bridgehead atoms. The van der Waals surface area contributed by atoms with Gasteiger partial charge in [0.1, 0.15) is 6.07 Å². The van der Waals surface area contributed by atoms with E-state index >= 15 is 0 Å². The molecule has 2 N–H and O–H groups in total. The highest BCUT2D eigenvalue weighted by Gasteiger charge is 2.13. The minimum Gasteiger partial charge on any atom is -0.493 e. The SMILES string of the molecule is COc1cccc(OC)c1Oc1ccc(N)c(C#N)n1. The Bertz CT molecular complexity index is 643. The van der Waals surface area contributed by atoms with Crippen molar-refractivity contribution >= 4 is 5.69 Å². The number of pyridine rings is 1. The molecule has 0 atom stereocenters. The summed E-state index contributed by atoms with van der Waals surface area (Å²) in [6.07, 6.45) is 0. The molecule has 2 aromatic rings. The molecule has 0 aliphatic carbocycles. The first-order valence-corrected chi connectivity index (χ1v) is 5.75. The topological polar surface area (TPSA) is 90.4 Å². The summed E-state index contributed by atoms with van der Waals surface area (Å²) in [5.41, 5.74) is 6.02. The van der Waals surface area contributed by atoms with Gasteiger partial charge in [-0.1, -0.05) is 6.07 Å². The van der Waals surface area contributed by atoms with Gasteiger partial charge in [0.25, 0.3) is 0 Å². The van der Waals surface area contributed by atoms with Crippen molar-refractivity contribution in [2.24, 2.45) is 0 Å². The van der Waals surface area contributed by atoms with Crippen LogP contribution in [-0.4, -0.2) is 19.2 Å². The molecule has 0 amide bonds. The highest BCUT2D eigenvalue weighted by Crippen LogP contribution is 2.39. The Balaban J connectivity index is 2.42. The van der Waals surface area contributed by atoms with E-state index in [9.17, 15) is 0 Å². The normalized spacial score (nSPS) is 9.65. The number of nitrogens with zero attached hydrogens (tertiary/aromatic N) is 2. The molecule has 0 saturated carbocycles. The zero-order chi connectivity index (χ0) is 14.5. The molecule has 0 aliphatic heterocycles. The first-order valence-electron chi connectivity index (χ1n) is 5.75. The van der Waals surface area contributed by atoms with Crippen molar-refractivity contribution in [1.82, 2.24) is 4.98 Å². The molecule has 102 valence electrons. The standard InChI is InChI=1S/C14H13N3O3/c1-18-11-4-3-5-12(19-2)14(11)20-13-7-6-9(16)10(8-15)17-13/h3-7H,16H2,1-2H3. The summed E-state index contributed by atoms with van der Waals surface area (Å²) in [5, 5.41) is 8.91. The smallest absolute Gasteiger partial charge is 0.221 e. The Morgan fingerprint density at radius 3 is 2.30 bits per heavy atom. The summed E-state index contributed by atoms with van der Waals surface area (Å²) in [4.78, 5) is 4.02. The van der Waals surface area contributed by atoms with Gasteiger partial charge in [0.15, 0.2) is 17.2 Å². The summed E-state index contributed by atoms with van der Waals surface area (Å²) < 4.78 is 16.1. The van der Waals surface area contributed by atoms with Gasteiger partial charge in [0.2, 0.25) is 11.6 Å². The molecule has 1 heterocycles. The number of hydrogen-bond donors (Lipinski definition) is 1. The van der Waals surface area contributed by atoms with E-state index in [1.54, 1.807) is 30.3 Å². The summed E-state index contributed by atoms with van der Waals surface area (Å²) in [6, 6.07) is 10.3. The highest BCUT2D eigenvalue weighted by molar-refractivity contribution is 5.54. The van der Waals surface area contributed by atoms with Gasteiger partial charge in [-0.05, 0) is 18.2 Å². The van der Waals surface area contributed by atoms with Gasteiger partial charge in [-0.3, -0.25) is 0 Å². The third-order valence-corrected chi connectivity index (χ3v) is 2.60. The summed E-state index contributed by atoms with van der Waals surface area (Å²) in [5.74, 6) is 1.63. The summed E-state index contributed by atoms with van der Waals surface area (Å²) in [6.45, 7) is 0. The van der Waals surface area contributed by atoms with E-state index in [0.717, 1.165) is 0 Å². The number of aromatic nitrogens is 1. The lowest BCUT2D eigenvalue weighted by Crippen LogP contribution is -1.98. The molecule has 6 nitrogen and oxygen atoms in total. The van der Waals surface area contributed by atoms with Gasteiger partial charge < -0.3 is 19.9 Å². The number of nitrogen functional groups attached to an aromatic ring is 1. The van der Waals surface area contributed by atoms with Crippen LogP contribution < -0.4 is 19.9 Å². The van der Waals surface area contributed by atoms with Gasteiger partial charge in [-0.25, -0.2) is 4.98 Å². The molecule has 0 fully saturated rings. The molecule has 1 aromatic heterocycles. The second-order valence-corrected chi connectivity index (χ2v) is 3.79. The number of nitriles is 1. The van der Waals surface area contributed by atoms with Crippen molar-refractivity contribution in [2.45, 2.75) is 0 Å². The molecule has 0 aliphatic rings. The lowest BCUT2D eigenvalue weighted by atomic mass is 10.3. The van der Waals surface area contributed by atoms with E-state index in [1.165, 1.54) is 14.2 Å². The molecule has 2 rings (SSSR count). The Kier molecular flexibility index (Phi) is 3.91. The first kappa shape index (κ1) is 13.5. The maximum absolute atomic E-state index is 8.91. The Morgan fingerprint density at radius 2 is 1.75 bits per heavy atom. The van der Waals surface area contributed by atoms with E-state index in [4.69, 9.17) is 25.2 Å². The largest absolute Gasteiger partial charge is 0.493 e.